The van der Waals surface area contributed by atoms with E-state index in [1.165, 1.54) is 0 Å². The maximum Gasteiger partial charge on any atom is 0.412 e. The van der Waals surface area contributed by atoms with E-state index in [-0.39, 0.29) is 0 Å². The molecule has 0 spiro atoms. The molecule has 188 valence electrons. The molecule has 37 heavy (non-hydrogen) atoms. The van der Waals surface area contributed by atoms with E-state index in [1.54, 1.807) is 19.9 Å². The molecule has 2 atom stereocenters. The molecular formula is C29H25ClN2O5. The number of aromatic nitrogens is 1. The summed E-state index contributed by atoms with van der Waals surface area (Å²) in [6.07, 6.45) is 0.203. The van der Waals surface area contributed by atoms with Crippen LogP contribution in [0, 0.1) is 6.92 Å². The average molecular weight is 517 g/mol. The van der Waals surface area contributed by atoms with Gasteiger partial charge >= 0.3 is 12.1 Å². The Morgan fingerprint density at radius 1 is 1.08 bits per heavy atom. The molecule has 5 rings (SSSR count). The lowest BCUT2D eigenvalue weighted by Gasteiger charge is -2.15. The fraction of sp³-hybridized carbons (Fsp3) is 0.207. The lowest BCUT2D eigenvalue weighted by Crippen LogP contribution is -2.17. The van der Waals surface area contributed by atoms with Gasteiger partial charge in [0.15, 0.2) is 5.76 Å². The highest BCUT2D eigenvalue weighted by Crippen LogP contribution is 2.37. The van der Waals surface area contributed by atoms with Gasteiger partial charge in [-0.05, 0) is 55.0 Å². The number of nitrogens with zero attached hydrogens (tertiary/aromatic N) is 1. The SMILES string of the molecule is Cc1onc(-c2ccc(-c3ccc4c(c3)CCC4C(=O)O)cc2)c1NC(=O)OC(C)c1ccccc1Cl. The predicted octanol–water partition coefficient (Wildman–Crippen LogP) is 7.39. The van der Waals surface area contributed by atoms with Crippen LogP contribution in [0.1, 0.15) is 47.8 Å². The zero-order valence-corrected chi connectivity index (χ0v) is 21.1. The van der Waals surface area contributed by atoms with Crippen molar-refractivity contribution in [1.29, 1.82) is 0 Å². The largest absolute Gasteiger partial charge is 0.481 e. The van der Waals surface area contributed by atoms with Crippen molar-refractivity contribution in [3.63, 3.8) is 0 Å². The molecular weight excluding hydrogens is 492 g/mol. The number of amides is 1. The Kier molecular flexibility index (Phi) is 6.72. The van der Waals surface area contributed by atoms with Gasteiger partial charge in [-0.3, -0.25) is 10.1 Å². The van der Waals surface area contributed by atoms with E-state index in [0.29, 0.717) is 34.1 Å². The van der Waals surface area contributed by atoms with Crippen molar-refractivity contribution < 1.29 is 24.0 Å². The highest BCUT2D eigenvalue weighted by molar-refractivity contribution is 6.31. The number of aryl methyl sites for hydroxylation is 2. The lowest BCUT2D eigenvalue weighted by molar-refractivity contribution is -0.138. The molecule has 8 heteroatoms. The van der Waals surface area contributed by atoms with E-state index in [4.69, 9.17) is 20.9 Å². The molecule has 0 aliphatic heterocycles. The van der Waals surface area contributed by atoms with E-state index >= 15 is 0 Å². The standard InChI is InChI=1S/C29H25ClN2O5/c1-16(22-5-3-4-6-25(22)30)36-29(35)31-26-17(2)37-32-27(26)19-9-7-18(8-10-19)20-11-13-23-21(15-20)12-14-24(23)28(33)34/h3-11,13,15-16,24H,12,14H2,1-2H3,(H,31,35)(H,33,34). The number of carbonyl (C=O) groups excluding carboxylic acids is 1. The molecule has 7 nitrogen and oxygen atoms in total. The van der Waals surface area contributed by atoms with Gasteiger partial charge in [0.1, 0.15) is 17.5 Å². The van der Waals surface area contributed by atoms with Crippen LogP contribution in [0.4, 0.5) is 10.5 Å². The second-order valence-electron chi connectivity index (χ2n) is 9.08. The van der Waals surface area contributed by atoms with E-state index in [2.05, 4.69) is 16.5 Å². The number of hydrogen-bond acceptors (Lipinski definition) is 5. The van der Waals surface area contributed by atoms with Gasteiger partial charge in [0.05, 0.1) is 5.92 Å². The van der Waals surface area contributed by atoms with Gasteiger partial charge in [0.25, 0.3) is 0 Å². The Bertz CT molecular complexity index is 1480. The minimum atomic E-state index is -0.773. The first-order valence-corrected chi connectivity index (χ1v) is 12.3. The molecule has 1 aromatic heterocycles. The number of carboxylic acid groups (broad SMARTS) is 1. The van der Waals surface area contributed by atoms with Crippen LogP contribution in [0.3, 0.4) is 0 Å². The molecule has 1 amide bonds. The van der Waals surface area contributed by atoms with Crippen LogP contribution < -0.4 is 5.32 Å². The first kappa shape index (κ1) is 24.6. The molecule has 1 aliphatic carbocycles. The summed E-state index contributed by atoms with van der Waals surface area (Å²) in [6, 6.07) is 20.9. The van der Waals surface area contributed by atoms with Crippen LogP contribution in [0.15, 0.2) is 71.3 Å². The summed E-state index contributed by atoms with van der Waals surface area (Å²) in [5.41, 5.74) is 6.39. The Hall–Kier alpha value is -4.10. The molecule has 4 aromatic rings. The number of aliphatic carboxylic acids is 1. The van der Waals surface area contributed by atoms with E-state index in [1.807, 2.05) is 54.6 Å². The normalized spacial score (nSPS) is 15.2. The van der Waals surface area contributed by atoms with Crippen LogP contribution in [0.2, 0.25) is 5.02 Å². The minimum Gasteiger partial charge on any atom is -0.481 e. The number of anilines is 1. The second kappa shape index (κ2) is 10.1. The zero-order chi connectivity index (χ0) is 26.1. The van der Waals surface area contributed by atoms with Gasteiger partial charge in [-0.25, -0.2) is 4.79 Å². The molecule has 0 bridgehead atoms. The molecule has 2 N–H and O–H groups in total. The third-order valence-electron chi connectivity index (χ3n) is 6.73. The van der Waals surface area contributed by atoms with E-state index < -0.39 is 24.1 Å². The van der Waals surface area contributed by atoms with Gasteiger partial charge < -0.3 is 14.4 Å². The first-order chi connectivity index (χ1) is 17.8. The fourth-order valence-corrected chi connectivity index (χ4v) is 5.04. The lowest BCUT2D eigenvalue weighted by atomic mass is 9.96. The monoisotopic (exact) mass is 516 g/mol. The van der Waals surface area contributed by atoms with Gasteiger partial charge in [-0.1, -0.05) is 77.4 Å². The number of nitrogens with one attached hydrogen (secondary N) is 1. The Balaban J connectivity index is 1.32. The summed E-state index contributed by atoms with van der Waals surface area (Å²) in [5, 5.41) is 16.8. The second-order valence-corrected chi connectivity index (χ2v) is 9.48. The molecule has 3 aromatic carbocycles. The molecule has 1 heterocycles. The van der Waals surface area contributed by atoms with Crippen LogP contribution in [-0.2, 0) is 16.0 Å². The number of carboxylic acids is 1. The molecule has 0 fully saturated rings. The summed E-state index contributed by atoms with van der Waals surface area (Å²) in [6.45, 7) is 3.47. The van der Waals surface area contributed by atoms with Gasteiger partial charge in [0.2, 0.25) is 0 Å². The molecule has 0 saturated carbocycles. The summed E-state index contributed by atoms with van der Waals surface area (Å²) < 4.78 is 10.9. The molecule has 1 aliphatic rings. The minimum absolute atomic E-state index is 0.424. The van der Waals surface area contributed by atoms with Crippen LogP contribution in [0.5, 0.6) is 0 Å². The average Bonchev–Trinajstić information content (AvgIpc) is 3.47. The summed E-state index contributed by atoms with van der Waals surface area (Å²) in [7, 11) is 0. The van der Waals surface area contributed by atoms with Gasteiger partial charge in [-0.2, -0.15) is 0 Å². The van der Waals surface area contributed by atoms with Crippen molar-refractivity contribution in [2.45, 2.75) is 38.7 Å². The third kappa shape index (κ3) is 4.95. The third-order valence-corrected chi connectivity index (χ3v) is 7.07. The predicted molar refractivity (Wildman–Crippen MR) is 141 cm³/mol. The highest BCUT2D eigenvalue weighted by Gasteiger charge is 2.28. The van der Waals surface area contributed by atoms with E-state index in [9.17, 15) is 14.7 Å². The maximum atomic E-state index is 12.7. The number of rotatable bonds is 6. The van der Waals surface area contributed by atoms with Crippen LogP contribution >= 0.6 is 11.6 Å². The summed E-state index contributed by atoms with van der Waals surface area (Å²) in [4.78, 5) is 24.1. The van der Waals surface area contributed by atoms with Gasteiger partial charge in [-0.15, -0.1) is 0 Å². The topological polar surface area (TPSA) is 102 Å². The summed E-state index contributed by atoms with van der Waals surface area (Å²) >= 11 is 6.22. The van der Waals surface area contributed by atoms with Crippen molar-refractivity contribution in [3.8, 4) is 22.4 Å². The number of hydrogen-bond donors (Lipinski definition) is 2. The smallest absolute Gasteiger partial charge is 0.412 e. The number of ether oxygens (including phenoxy) is 1. The summed E-state index contributed by atoms with van der Waals surface area (Å²) in [5.74, 6) is -0.745. The van der Waals surface area contributed by atoms with Crippen LogP contribution in [-0.4, -0.2) is 22.3 Å². The van der Waals surface area contributed by atoms with Crippen molar-refractivity contribution in [1.82, 2.24) is 5.16 Å². The number of halogens is 1. The highest BCUT2D eigenvalue weighted by atomic mass is 35.5. The maximum absolute atomic E-state index is 12.7. The molecule has 0 radical (unpaired) electrons. The Morgan fingerprint density at radius 2 is 1.78 bits per heavy atom. The Labute approximate surface area is 219 Å². The van der Waals surface area contributed by atoms with Crippen molar-refractivity contribution in [2.24, 2.45) is 0 Å². The van der Waals surface area contributed by atoms with Crippen molar-refractivity contribution in [2.75, 3.05) is 5.32 Å². The van der Waals surface area contributed by atoms with Crippen LogP contribution in [0.25, 0.3) is 22.4 Å². The molecule has 2 unspecified atom stereocenters. The van der Waals surface area contributed by atoms with E-state index in [0.717, 1.165) is 34.2 Å². The van der Waals surface area contributed by atoms with Crippen molar-refractivity contribution >= 4 is 29.4 Å². The zero-order valence-electron chi connectivity index (χ0n) is 20.3. The number of fused-ring (bicyclic) bond motifs is 1. The fourth-order valence-electron chi connectivity index (χ4n) is 4.75. The quantitative estimate of drug-likeness (QED) is 0.277. The molecule has 0 saturated heterocycles. The number of carbonyl (C=O) groups is 2. The Morgan fingerprint density at radius 3 is 2.51 bits per heavy atom. The first-order valence-electron chi connectivity index (χ1n) is 12.0. The van der Waals surface area contributed by atoms with Crippen molar-refractivity contribution in [3.05, 3.63) is 94.2 Å². The van der Waals surface area contributed by atoms with Gasteiger partial charge in [0, 0.05) is 16.1 Å². The number of benzene rings is 3.